The van der Waals surface area contributed by atoms with Crippen LogP contribution in [0.25, 0.3) is 0 Å². The second kappa shape index (κ2) is 21.4. The van der Waals surface area contributed by atoms with Gasteiger partial charge >= 0.3 is 12.1 Å². The zero-order valence-corrected chi connectivity index (χ0v) is 30.2. The second-order valence-corrected chi connectivity index (χ2v) is 11.2. The number of nitrogens with two attached hydrogens (primary N) is 1. The van der Waals surface area contributed by atoms with E-state index in [0.29, 0.717) is 0 Å². The number of hydrogen-bond donors (Lipinski definition) is 2. The minimum atomic E-state index is -0.642. The minimum Gasteiger partial charge on any atom is -0.463 e. The van der Waals surface area contributed by atoms with Gasteiger partial charge in [-0.15, -0.1) is 0 Å². The van der Waals surface area contributed by atoms with Gasteiger partial charge < -0.3 is 15.2 Å². The summed E-state index contributed by atoms with van der Waals surface area (Å²) < 4.78 is 9.57. The first-order valence-electron chi connectivity index (χ1n) is 16.7. The van der Waals surface area contributed by atoms with Crippen LogP contribution in [-0.4, -0.2) is 31.4 Å². The van der Waals surface area contributed by atoms with Crippen LogP contribution in [0.5, 0.6) is 0 Å². The second-order valence-electron chi connectivity index (χ2n) is 11.2. The molecular weight excluding hydrogens is 590 g/mol. The monoisotopic (exact) mass is 645 g/mol. The Hall–Kier alpha value is -4.42. The predicted octanol–water partition coefficient (Wildman–Crippen LogP) is 9.02. The Bertz CT molecular complexity index is 1450. The SMILES string of the molecule is CCOC(=O)COC(=O)Nc1c(CC)cc(C)cc1CC.CCc1cc(C)cc(CC)c1N.CCc1cc(C)cc(CC)c1N=C=O. The number of aryl methyl sites for hydroxylation is 9. The van der Waals surface area contributed by atoms with Gasteiger partial charge in [0.05, 0.1) is 18.0 Å². The Morgan fingerprint density at radius 3 is 1.40 bits per heavy atom. The highest BCUT2D eigenvalue weighted by atomic mass is 16.6. The summed E-state index contributed by atoms with van der Waals surface area (Å²) in [5, 5.41) is 2.74. The van der Waals surface area contributed by atoms with Gasteiger partial charge in [-0.25, -0.2) is 14.4 Å². The van der Waals surface area contributed by atoms with Gasteiger partial charge in [0.1, 0.15) is 0 Å². The highest BCUT2D eigenvalue weighted by Gasteiger charge is 2.14. The maximum atomic E-state index is 11.8. The molecule has 8 nitrogen and oxygen atoms in total. The van der Waals surface area contributed by atoms with Crippen LogP contribution in [0.3, 0.4) is 0 Å². The number of nitrogens with one attached hydrogen (secondary N) is 1. The maximum Gasteiger partial charge on any atom is 0.412 e. The Labute approximate surface area is 282 Å². The number of hydrogen-bond acceptors (Lipinski definition) is 7. The molecule has 8 heteroatoms. The Balaban J connectivity index is 0.000000370. The van der Waals surface area contributed by atoms with E-state index in [1.54, 1.807) is 13.0 Å². The normalized spacial score (nSPS) is 10.0. The number of nitrogen functional groups attached to an aromatic ring is 1. The maximum absolute atomic E-state index is 11.8. The van der Waals surface area contributed by atoms with E-state index in [2.05, 4.69) is 76.1 Å². The molecule has 256 valence electrons. The lowest BCUT2D eigenvalue weighted by molar-refractivity contribution is -0.146. The third-order valence-corrected chi connectivity index (χ3v) is 7.65. The summed E-state index contributed by atoms with van der Waals surface area (Å²) in [6.07, 6.45) is 6.45. The van der Waals surface area contributed by atoms with Gasteiger partial charge in [-0.2, -0.15) is 4.99 Å². The molecule has 0 saturated carbocycles. The zero-order valence-electron chi connectivity index (χ0n) is 30.2. The first kappa shape index (κ1) is 40.6. The van der Waals surface area contributed by atoms with E-state index >= 15 is 0 Å². The molecule has 0 aromatic heterocycles. The molecular formula is C39H55N3O5. The van der Waals surface area contributed by atoms with Gasteiger partial charge in [-0.1, -0.05) is 94.6 Å². The van der Waals surface area contributed by atoms with Crippen LogP contribution in [0, 0.1) is 20.8 Å². The summed E-state index contributed by atoms with van der Waals surface area (Å²) in [5.74, 6) is -0.553. The summed E-state index contributed by atoms with van der Waals surface area (Å²) in [6, 6.07) is 12.6. The zero-order chi connectivity index (χ0) is 35.5. The molecule has 0 aliphatic carbocycles. The molecule has 3 aromatic rings. The van der Waals surface area contributed by atoms with Crippen LogP contribution in [-0.2, 0) is 57.6 Å². The number of rotatable bonds is 11. The molecule has 0 atom stereocenters. The number of aliphatic imine (C=N–C) groups is 1. The fourth-order valence-electron chi connectivity index (χ4n) is 5.33. The minimum absolute atomic E-state index is 0.266. The molecule has 3 aromatic carbocycles. The standard InChI is InChI=1S/C16H23NO4.C12H15NO.C11H17N/c1-5-12-8-11(4)9-13(6-2)15(12)17-16(19)21-10-14(18)20-7-3;1-4-10-6-9(3)7-11(5-2)12(10)13-8-14;1-4-9-6-8(3)7-10(5-2)11(9)12/h8-9H,5-7,10H2,1-4H3,(H,17,19);6-7H,4-5H2,1-3H3;6-7H,4-5,12H2,1-3H3. The number of anilines is 2. The van der Waals surface area contributed by atoms with E-state index in [9.17, 15) is 14.4 Å². The van der Waals surface area contributed by atoms with Gasteiger partial charge in [0.2, 0.25) is 6.08 Å². The quantitative estimate of drug-likeness (QED) is 0.0929. The predicted molar refractivity (Wildman–Crippen MR) is 194 cm³/mol. The fourth-order valence-corrected chi connectivity index (χ4v) is 5.33. The van der Waals surface area contributed by atoms with E-state index in [-0.39, 0.29) is 13.2 Å². The average Bonchev–Trinajstić information content (AvgIpc) is 3.06. The summed E-state index contributed by atoms with van der Waals surface area (Å²) in [6.45, 7) is 20.3. The third-order valence-electron chi connectivity index (χ3n) is 7.65. The lowest BCUT2D eigenvalue weighted by Gasteiger charge is -2.15. The highest BCUT2D eigenvalue weighted by molar-refractivity contribution is 5.88. The number of nitrogens with zero attached hydrogens (tertiary/aromatic N) is 1. The van der Waals surface area contributed by atoms with Crippen molar-refractivity contribution >= 4 is 35.2 Å². The molecule has 3 rings (SSSR count). The number of benzene rings is 3. The molecule has 0 aliphatic heterocycles. The molecule has 3 N–H and O–H groups in total. The van der Waals surface area contributed by atoms with Crippen LogP contribution in [0.4, 0.5) is 21.9 Å². The Morgan fingerprint density at radius 2 is 1.04 bits per heavy atom. The Kier molecular flexibility index (Phi) is 18.5. The molecule has 0 bridgehead atoms. The number of ether oxygens (including phenoxy) is 2. The molecule has 0 unspecified atom stereocenters. The lowest BCUT2D eigenvalue weighted by atomic mass is 10.00. The molecule has 47 heavy (non-hydrogen) atoms. The van der Waals surface area contributed by atoms with Crippen LogP contribution in [0.2, 0.25) is 0 Å². The van der Waals surface area contributed by atoms with Crippen LogP contribution in [0.1, 0.15) is 98.5 Å². The fraction of sp³-hybridized carbons (Fsp3) is 0.462. The summed E-state index contributed by atoms with van der Waals surface area (Å²) in [4.78, 5) is 37.1. The Morgan fingerprint density at radius 1 is 0.660 bits per heavy atom. The lowest BCUT2D eigenvalue weighted by Crippen LogP contribution is -2.21. The van der Waals surface area contributed by atoms with Crippen LogP contribution in [0.15, 0.2) is 41.4 Å². The van der Waals surface area contributed by atoms with Gasteiger partial charge in [0, 0.05) is 5.69 Å². The topological polar surface area (TPSA) is 120 Å². The molecule has 0 spiro atoms. The van der Waals surface area contributed by atoms with Crippen LogP contribution >= 0.6 is 0 Å². The summed E-state index contributed by atoms with van der Waals surface area (Å²) in [5.41, 5.74) is 19.2. The van der Waals surface area contributed by atoms with Gasteiger partial charge in [0.15, 0.2) is 6.61 Å². The van der Waals surface area contributed by atoms with E-state index in [0.717, 1.165) is 83.4 Å². The van der Waals surface area contributed by atoms with Gasteiger partial charge in [0.25, 0.3) is 0 Å². The molecule has 0 radical (unpaired) electrons. The largest absolute Gasteiger partial charge is 0.463 e. The molecule has 1 amide bonds. The van der Waals surface area contributed by atoms with Crippen LogP contribution < -0.4 is 11.1 Å². The highest BCUT2D eigenvalue weighted by Crippen LogP contribution is 2.27. The van der Waals surface area contributed by atoms with Crippen molar-refractivity contribution in [2.75, 3.05) is 24.3 Å². The van der Waals surface area contributed by atoms with Crippen molar-refractivity contribution in [2.45, 2.75) is 108 Å². The van der Waals surface area contributed by atoms with E-state index in [1.807, 2.05) is 32.9 Å². The molecule has 0 heterocycles. The summed E-state index contributed by atoms with van der Waals surface area (Å²) in [7, 11) is 0. The van der Waals surface area contributed by atoms with Crippen molar-refractivity contribution in [1.82, 2.24) is 0 Å². The molecule has 0 aliphatic rings. The van der Waals surface area contributed by atoms with Gasteiger partial charge in [-0.05, 0) is 99.6 Å². The number of isocyanates is 1. The van der Waals surface area contributed by atoms with Crippen molar-refractivity contribution in [3.63, 3.8) is 0 Å². The van der Waals surface area contributed by atoms with Crippen molar-refractivity contribution in [3.8, 4) is 0 Å². The number of amides is 1. The van der Waals surface area contributed by atoms with Crippen molar-refractivity contribution in [1.29, 1.82) is 0 Å². The van der Waals surface area contributed by atoms with Crippen molar-refractivity contribution in [2.24, 2.45) is 4.99 Å². The first-order chi connectivity index (χ1) is 22.4. The van der Waals surface area contributed by atoms with Crippen molar-refractivity contribution < 1.29 is 23.9 Å². The van der Waals surface area contributed by atoms with E-state index in [4.69, 9.17) is 15.2 Å². The molecule has 0 saturated heterocycles. The van der Waals surface area contributed by atoms with E-state index in [1.165, 1.54) is 22.3 Å². The third kappa shape index (κ3) is 13.1. The average molecular weight is 646 g/mol. The van der Waals surface area contributed by atoms with E-state index < -0.39 is 12.1 Å². The smallest absolute Gasteiger partial charge is 0.412 e. The molecule has 0 fully saturated rings. The van der Waals surface area contributed by atoms with Crippen molar-refractivity contribution in [3.05, 3.63) is 86.5 Å². The number of esters is 1. The summed E-state index contributed by atoms with van der Waals surface area (Å²) >= 11 is 0. The first-order valence-corrected chi connectivity index (χ1v) is 16.7. The number of carbonyl (C=O) groups is 2. The van der Waals surface area contributed by atoms with Gasteiger partial charge in [-0.3, -0.25) is 5.32 Å². The number of carbonyl (C=O) groups excluding carboxylic acids is 3.